The lowest BCUT2D eigenvalue weighted by Gasteiger charge is -2.16. The summed E-state index contributed by atoms with van der Waals surface area (Å²) in [6, 6.07) is 2.92. The summed E-state index contributed by atoms with van der Waals surface area (Å²) in [6.07, 6.45) is 8.12. The molecule has 0 spiro atoms. The van der Waals surface area contributed by atoms with Crippen LogP contribution in [0.1, 0.15) is 31.5 Å². The first kappa shape index (κ1) is 11.7. The van der Waals surface area contributed by atoms with Gasteiger partial charge in [0.05, 0.1) is 11.7 Å². The van der Waals surface area contributed by atoms with Crippen LogP contribution < -0.4 is 5.32 Å². The lowest BCUT2D eigenvalue weighted by Crippen LogP contribution is -2.22. The summed E-state index contributed by atoms with van der Waals surface area (Å²) < 4.78 is 13.4. The van der Waals surface area contributed by atoms with Gasteiger partial charge in [-0.1, -0.05) is 6.92 Å². The normalized spacial score (nSPS) is 12.1. The zero-order valence-electron chi connectivity index (χ0n) is 8.83. The third kappa shape index (κ3) is 3.34. The molecule has 0 aliphatic rings. The van der Waals surface area contributed by atoms with Gasteiger partial charge in [-0.05, 0) is 25.1 Å². The third-order valence-corrected chi connectivity index (χ3v) is 2.14. The van der Waals surface area contributed by atoms with E-state index in [9.17, 15) is 4.39 Å². The Bertz CT molecular complexity index is 344. The van der Waals surface area contributed by atoms with Crippen molar-refractivity contribution >= 4 is 0 Å². The van der Waals surface area contributed by atoms with E-state index in [1.807, 2.05) is 6.92 Å². The molecule has 3 heteroatoms. The quantitative estimate of drug-likeness (QED) is 0.748. The van der Waals surface area contributed by atoms with Gasteiger partial charge < -0.3 is 5.32 Å². The van der Waals surface area contributed by atoms with Gasteiger partial charge in [0, 0.05) is 12.6 Å². The first-order valence-electron chi connectivity index (χ1n) is 5.06. The van der Waals surface area contributed by atoms with Crippen LogP contribution in [0.2, 0.25) is 0 Å². The monoisotopic (exact) mass is 206 g/mol. The lowest BCUT2D eigenvalue weighted by atomic mass is 10.1. The number of aromatic nitrogens is 1. The zero-order valence-corrected chi connectivity index (χ0v) is 8.83. The summed E-state index contributed by atoms with van der Waals surface area (Å²) in [5, 5.41) is 3.18. The van der Waals surface area contributed by atoms with Crippen molar-refractivity contribution in [2.75, 3.05) is 6.54 Å². The number of pyridine rings is 1. The molecule has 0 saturated heterocycles. The van der Waals surface area contributed by atoms with E-state index in [0.29, 0.717) is 18.5 Å². The van der Waals surface area contributed by atoms with Crippen LogP contribution in [-0.4, -0.2) is 11.5 Å². The van der Waals surface area contributed by atoms with Crippen molar-refractivity contribution in [3.8, 4) is 12.3 Å². The fraction of sp³-hybridized carbons (Fsp3) is 0.417. The van der Waals surface area contributed by atoms with E-state index in [1.165, 1.54) is 6.07 Å². The molecule has 0 radical (unpaired) electrons. The Kier molecular flexibility index (Phi) is 4.79. The zero-order chi connectivity index (χ0) is 11.1. The molecule has 1 unspecified atom stereocenters. The molecule has 0 aliphatic heterocycles. The second-order valence-corrected chi connectivity index (χ2v) is 3.22. The Hall–Kier alpha value is -1.40. The van der Waals surface area contributed by atoms with E-state index in [0.717, 1.165) is 6.54 Å². The van der Waals surface area contributed by atoms with Gasteiger partial charge in [0.2, 0.25) is 0 Å². The van der Waals surface area contributed by atoms with Gasteiger partial charge in [-0.2, -0.15) is 0 Å². The molecule has 0 aliphatic carbocycles. The summed E-state index contributed by atoms with van der Waals surface area (Å²) in [5.41, 5.74) is 0.453. The van der Waals surface area contributed by atoms with Gasteiger partial charge in [0.15, 0.2) is 0 Å². The van der Waals surface area contributed by atoms with Crippen molar-refractivity contribution in [3.05, 3.63) is 29.8 Å². The molecule has 80 valence electrons. The number of hydrogen-bond donors (Lipinski definition) is 1. The number of halogens is 1. The Morgan fingerprint density at radius 3 is 3.07 bits per heavy atom. The van der Waals surface area contributed by atoms with E-state index < -0.39 is 0 Å². The summed E-state index contributed by atoms with van der Waals surface area (Å²) >= 11 is 0. The smallest absolute Gasteiger partial charge is 0.146 e. The van der Waals surface area contributed by atoms with Crippen LogP contribution in [-0.2, 0) is 0 Å². The van der Waals surface area contributed by atoms with E-state index in [2.05, 4.69) is 16.2 Å². The molecule has 15 heavy (non-hydrogen) atoms. The Morgan fingerprint density at radius 1 is 1.67 bits per heavy atom. The summed E-state index contributed by atoms with van der Waals surface area (Å²) in [7, 11) is 0. The second kappa shape index (κ2) is 6.15. The average molecular weight is 206 g/mol. The van der Waals surface area contributed by atoms with Crippen LogP contribution in [0.5, 0.6) is 0 Å². The maximum atomic E-state index is 13.4. The van der Waals surface area contributed by atoms with Gasteiger partial charge in [-0.25, -0.2) is 4.39 Å². The van der Waals surface area contributed by atoms with Crippen molar-refractivity contribution in [3.63, 3.8) is 0 Å². The van der Waals surface area contributed by atoms with Crippen LogP contribution in [0.25, 0.3) is 0 Å². The average Bonchev–Trinajstić information content (AvgIpc) is 2.25. The predicted octanol–water partition coefficient (Wildman–Crippen LogP) is 2.28. The maximum Gasteiger partial charge on any atom is 0.146 e. The molecule has 1 aromatic rings. The van der Waals surface area contributed by atoms with Crippen molar-refractivity contribution in [2.24, 2.45) is 0 Å². The van der Waals surface area contributed by atoms with Crippen molar-refractivity contribution in [1.82, 2.24) is 10.3 Å². The van der Waals surface area contributed by atoms with E-state index >= 15 is 0 Å². The lowest BCUT2D eigenvalue weighted by molar-refractivity contribution is 0.476. The molecule has 1 aromatic heterocycles. The highest BCUT2D eigenvalue weighted by atomic mass is 19.1. The standard InChI is InChI=1S/C12H15FN2/c1-3-5-8-11(14-4-2)12-10(13)7-6-9-15-12/h1,6-7,9,11,14H,4-5,8H2,2H3. The highest BCUT2D eigenvalue weighted by Crippen LogP contribution is 2.18. The number of hydrogen-bond acceptors (Lipinski definition) is 2. The van der Waals surface area contributed by atoms with Crippen LogP contribution >= 0.6 is 0 Å². The van der Waals surface area contributed by atoms with Crippen molar-refractivity contribution < 1.29 is 4.39 Å². The largest absolute Gasteiger partial charge is 0.309 e. The fourth-order valence-electron chi connectivity index (χ4n) is 1.46. The fourth-order valence-corrected chi connectivity index (χ4v) is 1.46. The minimum atomic E-state index is -0.277. The van der Waals surface area contributed by atoms with Crippen LogP contribution in [0, 0.1) is 18.2 Å². The Labute approximate surface area is 89.9 Å². The highest BCUT2D eigenvalue weighted by molar-refractivity contribution is 5.12. The minimum absolute atomic E-state index is 0.0905. The number of terminal acetylenes is 1. The van der Waals surface area contributed by atoms with Crippen molar-refractivity contribution in [1.29, 1.82) is 0 Å². The number of rotatable bonds is 5. The van der Waals surface area contributed by atoms with Crippen LogP contribution in [0.15, 0.2) is 18.3 Å². The molecule has 0 fully saturated rings. The SMILES string of the molecule is C#CCCC(NCC)c1ncccc1F. The molecule has 0 amide bonds. The summed E-state index contributed by atoms with van der Waals surface area (Å²) in [5.74, 6) is 2.28. The molecule has 1 heterocycles. The van der Waals surface area contributed by atoms with E-state index in [1.54, 1.807) is 12.3 Å². The number of nitrogens with one attached hydrogen (secondary N) is 1. The van der Waals surface area contributed by atoms with Gasteiger partial charge in [0.1, 0.15) is 5.82 Å². The summed E-state index contributed by atoms with van der Waals surface area (Å²) in [6.45, 7) is 2.75. The van der Waals surface area contributed by atoms with Gasteiger partial charge in [0.25, 0.3) is 0 Å². The van der Waals surface area contributed by atoms with Crippen LogP contribution in [0.4, 0.5) is 4.39 Å². The van der Waals surface area contributed by atoms with Gasteiger partial charge in [-0.15, -0.1) is 12.3 Å². The molecule has 1 N–H and O–H groups in total. The molecule has 0 aromatic carbocycles. The molecule has 0 bridgehead atoms. The predicted molar refractivity (Wildman–Crippen MR) is 58.7 cm³/mol. The Balaban J connectivity index is 2.79. The van der Waals surface area contributed by atoms with E-state index in [-0.39, 0.29) is 11.9 Å². The molecule has 2 nitrogen and oxygen atoms in total. The first-order chi connectivity index (χ1) is 7.29. The minimum Gasteiger partial charge on any atom is -0.309 e. The number of nitrogens with zero attached hydrogens (tertiary/aromatic N) is 1. The molecule has 0 saturated carbocycles. The molecule has 1 rings (SSSR count). The molecule has 1 atom stereocenters. The molecular weight excluding hydrogens is 191 g/mol. The van der Waals surface area contributed by atoms with Crippen molar-refractivity contribution in [2.45, 2.75) is 25.8 Å². The van der Waals surface area contributed by atoms with Gasteiger partial charge >= 0.3 is 0 Å². The second-order valence-electron chi connectivity index (χ2n) is 3.22. The Morgan fingerprint density at radius 2 is 2.47 bits per heavy atom. The summed E-state index contributed by atoms with van der Waals surface area (Å²) in [4.78, 5) is 4.04. The molecular formula is C12H15FN2. The topological polar surface area (TPSA) is 24.9 Å². The highest BCUT2D eigenvalue weighted by Gasteiger charge is 2.14. The maximum absolute atomic E-state index is 13.4. The van der Waals surface area contributed by atoms with Gasteiger partial charge in [-0.3, -0.25) is 4.98 Å². The van der Waals surface area contributed by atoms with E-state index in [4.69, 9.17) is 6.42 Å². The first-order valence-corrected chi connectivity index (χ1v) is 5.06. The third-order valence-electron chi connectivity index (χ3n) is 2.14. The van der Waals surface area contributed by atoms with Crippen LogP contribution in [0.3, 0.4) is 0 Å².